The van der Waals surface area contributed by atoms with Crippen LogP contribution in [0.5, 0.6) is 17.2 Å². The fraction of sp³-hybridized carbons (Fsp3) is 0.0741. The number of nitrogens with one attached hydrogen (secondary N) is 1. The van der Waals surface area contributed by atoms with Crippen LogP contribution in [0, 0.1) is 10.1 Å². The fourth-order valence-corrected chi connectivity index (χ4v) is 4.55. The number of nitro groups is 1. The maximum Gasteiger partial charge on any atom is 0.320 e. The van der Waals surface area contributed by atoms with Crippen molar-refractivity contribution in [2.24, 2.45) is 7.05 Å². The monoisotopic (exact) mass is 528 g/mol. The summed E-state index contributed by atoms with van der Waals surface area (Å²) in [6.45, 7) is 0. The molecule has 0 aliphatic carbocycles. The molecular weight excluding hydrogens is 508 g/mol. The molecular formula is C27H20N4O6S. The maximum absolute atomic E-state index is 13.5. The number of ether oxygens (including phenoxy) is 2. The first-order chi connectivity index (χ1) is 18.3. The number of carbonyl (C=O) groups excluding carboxylic acids is 2. The normalized spacial score (nSPS) is 14.6. The molecule has 1 saturated heterocycles. The third-order valence-electron chi connectivity index (χ3n) is 6.00. The highest BCUT2D eigenvalue weighted by Gasteiger charge is 2.35. The van der Waals surface area contributed by atoms with Crippen molar-refractivity contribution in [2.75, 3.05) is 12.0 Å². The highest BCUT2D eigenvalue weighted by Crippen LogP contribution is 2.39. The Bertz CT molecular complexity index is 1640. The first-order valence-electron chi connectivity index (χ1n) is 11.3. The van der Waals surface area contributed by atoms with Gasteiger partial charge in [0, 0.05) is 18.8 Å². The summed E-state index contributed by atoms with van der Waals surface area (Å²) in [6.07, 6.45) is 2.94. The van der Waals surface area contributed by atoms with Crippen molar-refractivity contribution in [3.05, 3.63) is 94.2 Å². The molecule has 2 heterocycles. The van der Waals surface area contributed by atoms with Crippen LogP contribution in [-0.2, 0) is 16.6 Å². The molecule has 1 N–H and O–H groups in total. The van der Waals surface area contributed by atoms with Gasteiger partial charge in [0.1, 0.15) is 17.1 Å². The smallest absolute Gasteiger partial charge is 0.320 e. The second kappa shape index (κ2) is 9.79. The Kier molecular flexibility index (Phi) is 6.35. The zero-order valence-electron chi connectivity index (χ0n) is 20.2. The number of aromatic nitrogens is 1. The summed E-state index contributed by atoms with van der Waals surface area (Å²) < 4.78 is 12.7. The van der Waals surface area contributed by atoms with Crippen LogP contribution < -0.4 is 19.7 Å². The van der Waals surface area contributed by atoms with E-state index in [1.807, 2.05) is 30.3 Å². The number of methoxy groups -OCH3 is 1. The minimum absolute atomic E-state index is 0.0633. The number of fused-ring (bicyclic) bond motifs is 1. The minimum Gasteiger partial charge on any atom is -0.490 e. The third-order valence-corrected chi connectivity index (χ3v) is 6.28. The first kappa shape index (κ1) is 24.7. The number of nitrogens with zero attached hydrogens (tertiary/aromatic N) is 3. The minimum atomic E-state index is -0.706. The zero-order valence-corrected chi connectivity index (χ0v) is 21.0. The van der Waals surface area contributed by atoms with Crippen LogP contribution in [0.2, 0.25) is 0 Å². The average molecular weight is 529 g/mol. The van der Waals surface area contributed by atoms with Gasteiger partial charge in [-0.1, -0.05) is 18.2 Å². The lowest BCUT2D eigenvalue weighted by molar-refractivity contribution is -0.383. The van der Waals surface area contributed by atoms with Crippen molar-refractivity contribution in [3.8, 4) is 17.2 Å². The lowest BCUT2D eigenvalue weighted by Gasteiger charge is -2.29. The van der Waals surface area contributed by atoms with Gasteiger partial charge in [-0.05, 0) is 66.8 Å². The number of thiocarbonyl (C=S) groups is 1. The maximum atomic E-state index is 13.5. The van der Waals surface area contributed by atoms with Crippen molar-refractivity contribution in [3.63, 3.8) is 0 Å². The fourth-order valence-electron chi connectivity index (χ4n) is 4.27. The molecule has 38 heavy (non-hydrogen) atoms. The highest BCUT2D eigenvalue weighted by atomic mass is 32.1. The van der Waals surface area contributed by atoms with Crippen LogP contribution in [0.4, 0.5) is 11.4 Å². The van der Waals surface area contributed by atoms with Crippen molar-refractivity contribution >= 4 is 57.5 Å². The molecule has 190 valence electrons. The Morgan fingerprint density at radius 1 is 1.00 bits per heavy atom. The summed E-state index contributed by atoms with van der Waals surface area (Å²) >= 11 is 5.29. The predicted molar refractivity (Wildman–Crippen MR) is 145 cm³/mol. The first-order valence-corrected chi connectivity index (χ1v) is 11.7. The number of amides is 2. The van der Waals surface area contributed by atoms with Gasteiger partial charge in [-0.15, -0.1) is 0 Å². The second-order valence-electron chi connectivity index (χ2n) is 8.33. The zero-order chi connectivity index (χ0) is 27.0. The molecule has 1 aliphatic rings. The molecule has 0 radical (unpaired) electrons. The number of hydrogen-bond donors (Lipinski definition) is 1. The second-order valence-corrected chi connectivity index (χ2v) is 8.72. The topological polar surface area (TPSA) is 116 Å². The summed E-state index contributed by atoms with van der Waals surface area (Å²) in [4.78, 5) is 38.9. The van der Waals surface area contributed by atoms with Crippen molar-refractivity contribution in [1.82, 2.24) is 9.88 Å². The van der Waals surface area contributed by atoms with Gasteiger partial charge >= 0.3 is 5.69 Å². The molecule has 4 aromatic rings. The Labute approximate surface area is 221 Å². The van der Waals surface area contributed by atoms with E-state index in [0.29, 0.717) is 28.3 Å². The standard InChI is InChI=1S/C27H20N4O6S/c1-29-15-16(23-21(29)12-13-22(36-2)24(23)31(34)35)14-20-25(32)28-27(38)30(26(20)33)17-8-10-19(11-9-17)37-18-6-4-3-5-7-18/h3-15H,1-2H3,(H,28,32,38). The molecule has 1 aliphatic heterocycles. The Morgan fingerprint density at radius 2 is 1.68 bits per heavy atom. The third kappa shape index (κ3) is 4.35. The van der Waals surface area contributed by atoms with Crippen LogP contribution in [0.3, 0.4) is 0 Å². The lowest BCUT2D eigenvalue weighted by atomic mass is 10.0. The Morgan fingerprint density at radius 3 is 2.34 bits per heavy atom. The lowest BCUT2D eigenvalue weighted by Crippen LogP contribution is -2.54. The van der Waals surface area contributed by atoms with E-state index in [9.17, 15) is 19.7 Å². The van der Waals surface area contributed by atoms with Crippen LogP contribution in [-0.4, -0.2) is 33.5 Å². The van der Waals surface area contributed by atoms with E-state index in [2.05, 4.69) is 5.32 Å². The average Bonchev–Trinajstić information content (AvgIpc) is 3.22. The number of para-hydroxylation sites is 1. The molecule has 0 saturated carbocycles. The van der Waals surface area contributed by atoms with Gasteiger partial charge in [-0.2, -0.15) is 0 Å². The molecule has 3 aromatic carbocycles. The molecule has 0 unspecified atom stereocenters. The number of benzene rings is 3. The quantitative estimate of drug-likeness (QED) is 0.127. The van der Waals surface area contributed by atoms with Crippen molar-refractivity contribution in [1.29, 1.82) is 0 Å². The number of aryl methyl sites for hydroxylation is 1. The van der Waals surface area contributed by atoms with Gasteiger partial charge in [-0.3, -0.25) is 29.9 Å². The molecule has 5 rings (SSSR count). The van der Waals surface area contributed by atoms with E-state index in [1.54, 1.807) is 48.1 Å². The molecule has 0 spiro atoms. The van der Waals surface area contributed by atoms with Gasteiger partial charge in [0.25, 0.3) is 11.8 Å². The van der Waals surface area contributed by atoms with E-state index in [0.717, 1.165) is 0 Å². The molecule has 1 fully saturated rings. The summed E-state index contributed by atoms with van der Waals surface area (Å²) in [7, 11) is 3.05. The molecule has 2 amide bonds. The van der Waals surface area contributed by atoms with Gasteiger partial charge in [0.15, 0.2) is 10.9 Å². The van der Waals surface area contributed by atoms with Crippen LogP contribution in [0.15, 0.2) is 78.5 Å². The SMILES string of the molecule is COc1ccc2c(c(C=C3C(=O)NC(=S)N(c4ccc(Oc5ccccc5)cc4)C3=O)cn2C)c1[N+](=O)[O-]. The van der Waals surface area contributed by atoms with Gasteiger partial charge < -0.3 is 14.0 Å². The van der Waals surface area contributed by atoms with Gasteiger partial charge in [0.2, 0.25) is 0 Å². The highest BCUT2D eigenvalue weighted by molar-refractivity contribution is 7.80. The number of carbonyl (C=O) groups is 2. The summed E-state index contributed by atoms with van der Waals surface area (Å²) in [5.74, 6) is -0.107. The predicted octanol–water partition coefficient (Wildman–Crippen LogP) is 4.72. The summed E-state index contributed by atoms with van der Waals surface area (Å²) in [6, 6.07) is 19.0. The van der Waals surface area contributed by atoms with Crippen molar-refractivity contribution in [2.45, 2.75) is 0 Å². The number of hydrogen-bond acceptors (Lipinski definition) is 7. The van der Waals surface area contributed by atoms with Gasteiger partial charge in [0.05, 0.1) is 28.6 Å². The largest absolute Gasteiger partial charge is 0.490 e. The number of nitro benzene ring substituents is 1. The molecule has 0 atom stereocenters. The molecule has 1 aromatic heterocycles. The number of anilines is 1. The van der Waals surface area contributed by atoms with E-state index in [4.69, 9.17) is 21.7 Å². The van der Waals surface area contributed by atoms with Crippen LogP contribution >= 0.6 is 12.2 Å². The summed E-state index contributed by atoms with van der Waals surface area (Å²) in [5, 5.41) is 14.6. The molecule has 0 bridgehead atoms. The van der Waals surface area contributed by atoms with Crippen LogP contribution in [0.25, 0.3) is 17.0 Å². The Hall–Kier alpha value is -5.03. The van der Waals surface area contributed by atoms with Gasteiger partial charge in [-0.25, -0.2) is 0 Å². The molecule has 10 nitrogen and oxygen atoms in total. The van der Waals surface area contributed by atoms with Crippen molar-refractivity contribution < 1.29 is 24.0 Å². The molecule has 11 heteroatoms. The van der Waals surface area contributed by atoms with E-state index >= 15 is 0 Å². The van der Waals surface area contributed by atoms with E-state index in [1.165, 1.54) is 24.2 Å². The van der Waals surface area contributed by atoms with E-state index in [-0.39, 0.29) is 27.5 Å². The van der Waals surface area contributed by atoms with Crippen LogP contribution in [0.1, 0.15) is 5.56 Å². The Balaban J connectivity index is 1.53. The summed E-state index contributed by atoms with van der Waals surface area (Å²) in [5.41, 5.74) is 0.771. The number of rotatable bonds is 6. The van der Waals surface area contributed by atoms with E-state index < -0.39 is 16.7 Å².